The molecule has 0 unspecified atom stereocenters. The zero-order valence-electron chi connectivity index (χ0n) is 11.5. The maximum atomic E-state index is 11.3. The predicted molar refractivity (Wildman–Crippen MR) is 74.6 cm³/mol. The third-order valence-corrected chi connectivity index (χ3v) is 4.27. The monoisotopic (exact) mass is 259 g/mol. The minimum atomic E-state index is 0.137. The molecular weight excluding hydrogens is 238 g/mol. The maximum Gasteiger partial charge on any atom is 0.219 e. The summed E-state index contributed by atoms with van der Waals surface area (Å²) < 4.78 is 5.81. The third-order valence-electron chi connectivity index (χ3n) is 4.27. The lowest BCUT2D eigenvalue weighted by atomic mass is 9.91. The van der Waals surface area contributed by atoms with Crippen LogP contribution in [0, 0.1) is 0 Å². The van der Waals surface area contributed by atoms with Crippen LogP contribution in [-0.4, -0.2) is 19.1 Å². The van der Waals surface area contributed by atoms with Gasteiger partial charge in [-0.1, -0.05) is 13.0 Å². The largest absolute Gasteiger partial charge is 0.493 e. The third kappa shape index (κ3) is 2.34. The second-order valence-corrected chi connectivity index (χ2v) is 5.47. The van der Waals surface area contributed by atoms with Crippen LogP contribution in [0.1, 0.15) is 48.8 Å². The number of rotatable bonds is 4. The van der Waals surface area contributed by atoms with E-state index >= 15 is 0 Å². The Morgan fingerprint density at radius 3 is 3.16 bits per heavy atom. The van der Waals surface area contributed by atoms with Gasteiger partial charge < -0.3 is 10.1 Å². The first-order valence-corrected chi connectivity index (χ1v) is 7.33. The first-order valence-electron chi connectivity index (χ1n) is 7.33. The van der Waals surface area contributed by atoms with Gasteiger partial charge in [0.25, 0.3) is 0 Å². The Hall–Kier alpha value is -1.51. The Labute approximate surface area is 114 Å². The number of aryl methyl sites for hydroxylation is 1. The molecule has 102 valence electrons. The number of carbonyl (C=O) groups is 1. The van der Waals surface area contributed by atoms with Gasteiger partial charge in [0.05, 0.1) is 6.61 Å². The van der Waals surface area contributed by atoms with Crippen molar-refractivity contribution in [3.8, 4) is 5.75 Å². The molecule has 1 aromatic rings. The molecule has 3 nitrogen and oxygen atoms in total. The summed E-state index contributed by atoms with van der Waals surface area (Å²) in [7, 11) is 0. The van der Waals surface area contributed by atoms with E-state index in [1.54, 1.807) is 0 Å². The first kappa shape index (κ1) is 12.5. The van der Waals surface area contributed by atoms with E-state index in [-0.39, 0.29) is 5.91 Å². The van der Waals surface area contributed by atoms with Crippen LogP contribution in [0.15, 0.2) is 12.1 Å². The van der Waals surface area contributed by atoms with E-state index in [1.165, 1.54) is 36.0 Å². The molecular formula is C16H21NO2. The number of carbonyl (C=O) groups excluding carboxylic acids is 1. The van der Waals surface area contributed by atoms with E-state index in [1.807, 2.05) is 6.92 Å². The van der Waals surface area contributed by atoms with Crippen molar-refractivity contribution >= 4 is 5.91 Å². The highest BCUT2D eigenvalue weighted by atomic mass is 16.5. The number of benzene rings is 1. The fourth-order valence-corrected chi connectivity index (χ4v) is 3.26. The van der Waals surface area contributed by atoms with Crippen LogP contribution < -0.4 is 10.1 Å². The topological polar surface area (TPSA) is 38.3 Å². The zero-order chi connectivity index (χ0) is 13.2. The summed E-state index contributed by atoms with van der Waals surface area (Å²) in [6.07, 6.45) is 5.22. The van der Waals surface area contributed by atoms with E-state index in [2.05, 4.69) is 17.4 Å². The number of hydrogen-bond donors (Lipinski definition) is 1. The fraction of sp³-hybridized carbons (Fsp3) is 0.562. The normalized spacial score (nSPS) is 19.7. The Morgan fingerprint density at radius 2 is 2.32 bits per heavy atom. The summed E-state index contributed by atoms with van der Waals surface area (Å²) in [4.78, 5) is 11.3. The number of amides is 1. The molecule has 1 heterocycles. The molecule has 0 saturated carbocycles. The van der Waals surface area contributed by atoms with Gasteiger partial charge in [0.1, 0.15) is 5.75 Å². The average molecular weight is 259 g/mol. The SMILES string of the molecule is CCC(=O)NCC[C@@H]1COc2ccc3c(c21)CCC3. The Balaban J connectivity index is 1.71. The number of fused-ring (bicyclic) bond motifs is 3. The summed E-state index contributed by atoms with van der Waals surface area (Å²) in [5, 5.41) is 2.96. The van der Waals surface area contributed by atoms with E-state index in [9.17, 15) is 4.79 Å². The van der Waals surface area contributed by atoms with E-state index < -0.39 is 0 Å². The molecule has 1 amide bonds. The van der Waals surface area contributed by atoms with Crippen molar-refractivity contribution in [1.82, 2.24) is 5.32 Å². The van der Waals surface area contributed by atoms with E-state index in [0.29, 0.717) is 12.3 Å². The Morgan fingerprint density at radius 1 is 1.42 bits per heavy atom. The van der Waals surface area contributed by atoms with Crippen molar-refractivity contribution in [1.29, 1.82) is 0 Å². The van der Waals surface area contributed by atoms with Gasteiger partial charge in [0, 0.05) is 24.4 Å². The molecule has 3 rings (SSSR count). The van der Waals surface area contributed by atoms with Gasteiger partial charge in [-0.25, -0.2) is 0 Å². The minimum absolute atomic E-state index is 0.137. The molecule has 0 bridgehead atoms. The van der Waals surface area contributed by atoms with Gasteiger partial charge in [0.15, 0.2) is 0 Å². The van der Waals surface area contributed by atoms with Crippen LogP contribution in [0.25, 0.3) is 0 Å². The summed E-state index contributed by atoms with van der Waals surface area (Å²) in [5.41, 5.74) is 4.47. The molecule has 19 heavy (non-hydrogen) atoms. The minimum Gasteiger partial charge on any atom is -0.493 e. The number of ether oxygens (including phenoxy) is 1. The van der Waals surface area contributed by atoms with E-state index in [4.69, 9.17) is 4.74 Å². The molecule has 1 aliphatic heterocycles. The summed E-state index contributed by atoms with van der Waals surface area (Å²) >= 11 is 0. The van der Waals surface area contributed by atoms with Crippen molar-refractivity contribution in [2.45, 2.75) is 44.9 Å². The lowest BCUT2D eigenvalue weighted by molar-refractivity contribution is -0.120. The van der Waals surface area contributed by atoms with Crippen molar-refractivity contribution in [2.75, 3.05) is 13.2 Å². The van der Waals surface area contributed by atoms with Gasteiger partial charge in [-0.05, 0) is 42.9 Å². The number of nitrogens with one attached hydrogen (secondary N) is 1. The Kier molecular flexibility index (Phi) is 3.45. The quantitative estimate of drug-likeness (QED) is 0.902. The smallest absolute Gasteiger partial charge is 0.219 e. The predicted octanol–water partition coefficient (Wildman–Crippen LogP) is 2.57. The molecule has 0 saturated heterocycles. The van der Waals surface area contributed by atoms with Crippen LogP contribution in [-0.2, 0) is 17.6 Å². The fourth-order valence-electron chi connectivity index (χ4n) is 3.26. The van der Waals surface area contributed by atoms with Gasteiger partial charge in [0.2, 0.25) is 5.91 Å². The van der Waals surface area contributed by atoms with Crippen molar-refractivity contribution in [3.63, 3.8) is 0 Å². The highest BCUT2D eigenvalue weighted by molar-refractivity contribution is 5.75. The van der Waals surface area contributed by atoms with Crippen LogP contribution in [0.5, 0.6) is 5.75 Å². The van der Waals surface area contributed by atoms with Gasteiger partial charge in [-0.2, -0.15) is 0 Å². The summed E-state index contributed by atoms with van der Waals surface area (Å²) in [5.74, 6) is 1.67. The first-order chi connectivity index (χ1) is 9.29. The molecule has 1 aliphatic carbocycles. The van der Waals surface area contributed by atoms with Gasteiger partial charge >= 0.3 is 0 Å². The molecule has 1 N–H and O–H groups in total. The second kappa shape index (κ2) is 5.24. The van der Waals surface area contributed by atoms with Crippen LogP contribution in [0.3, 0.4) is 0 Å². The second-order valence-electron chi connectivity index (χ2n) is 5.47. The molecule has 0 aromatic heterocycles. The highest BCUT2D eigenvalue weighted by Crippen LogP contribution is 2.42. The van der Waals surface area contributed by atoms with Crippen LogP contribution >= 0.6 is 0 Å². The summed E-state index contributed by atoms with van der Waals surface area (Å²) in [6.45, 7) is 3.41. The standard InChI is InChI=1S/C16H21NO2/c1-2-15(18)17-9-8-12-10-19-14-7-6-11-4-3-5-13(11)16(12)14/h6-7,12H,2-5,8-10H2,1H3,(H,17,18)/t12-/m1/s1. The molecule has 2 aliphatic rings. The number of hydrogen-bond acceptors (Lipinski definition) is 2. The highest BCUT2D eigenvalue weighted by Gasteiger charge is 2.29. The molecule has 0 fully saturated rings. The molecule has 0 spiro atoms. The molecule has 3 heteroatoms. The van der Waals surface area contributed by atoms with Crippen molar-refractivity contribution in [3.05, 3.63) is 28.8 Å². The van der Waals surface area contributed by atoms with Crippen LogP contribution in [0.2, 0.25) is 0 Å². The molecule has 1 aromatic carbocycles. The molecule has 1 atom stereocenters. The maximum absolute atomic E-state index is 11.3. The molecule has 0 radical (unpaired) electrons. The summed E-state index contributed by atoms with van der Waals surface area (Å²) in [6, 6.07) is 4.35. The van der Waals surface area contributed by atoms with Crippen molar-refractivity contribution < 1.29 is 9.53 Å². The lowest BCUT2D eigenvalue weighted by Gasteiger charge is -2.13. The van der Waals surface area contributed by atoms with Gasteiger partial charge in [-0.3, -0.25) is 4.79 Å². The average Bonchev–Trinajstić information content (AvgIpc) is 3.03. The van der Waals surface area contributed by atoms with E-state index in [0.717, 1.165) is 25.3 Å². The lowest BCUT2D eigenvalue weighted by Crippen LogP contribution is -2.25. The Bertz CT molecular complexity index is 496. The van der Waals surface area contributed by atoms with Crippen molar-refractivity contribution in [2.24, 2.45) is 0 Å². The zero-order valence-corrected chi connectivity index (χ0v) is 11.5. The van der Waals surface area contributed by atoms with Gasteiger partial charge in [-0.15, -0.1) is 0 Å². The van der Waals surface area contributed by atoms with Crippen LogP contribution in [0.4, 0.5) is 0 Å².